The van der Waals surface area contributed by atoms with Gasteiger partial charge in [-0.15, -0.1) is 0 Å². The van der Waals surface area contributed by atoms with E-state index < -0.39 is 9.84 Å². The molecule has 6 heteroatoms. The fourth-order valence-electron chi connectivity index (χ4n) is 3.79. The van der Waals surface area contributed by atoms with Crippen LogP contribution < -0.4 is 0 Å². The molecule has 0 radical (unpaired) electrons. The monoisotopic (exact) mass is 347 g/mol. The van der Waals surface area contributed by atoms with E-state index in [1.54, 1.807) is 0 Å². The van der Waals surface area contributed by atoms with E-state index in [2.05, 4.69) is 14.9 Å². The minimum absolute atomic E-state index is 0.0455. The molecule has 0 unspecified atom stereocenters. The zero-order valence-electron chi connectivity index (χ0n) is 14.6. The first-order valence-electron chi connectivity index (χ1n) is 8.47. The highest BCUT2D eigenvalue weighted by molar-refractivity contribution is 7.91. The van der Waals surface area contributed by atoms with Crippen molar-refractivity contribution < 1.29 is 8.42 Å². The molecule has 2 aromatic rings. The number of rotatable bonds is 4. The molecule has 1 fully saturated rings. The van der Waals surface area contributed by atoms with Crippen molar-refractivity contribution in [2.75, 3.05) is 13.3 Å². The molecule has 3 rings (SSSR count). The average molecular weight is 347 g/mol. The van der Waals surface area contributed by atoms with Crippen LogP contribution in [-0.4, -0.2) is 47.9 Å². The number of benzene rings is 1. The van der Waals surface area contributed by atoms with E-state index in [0.717, 1.165) is 48.1 Å². The van der Waals surface area contributed by atoms with Gasteiger partial charge >= 0.3 is 0 Å². The van der Waals surface area contributed by atoms with E-state index in [1.807, 2.05) is 38.2 Å². The Kier molecular flexibility index (Phi) is 4.88. The van der Waals surface area contributed by atoms with Crippen molar-refractivity contribution in [3.63, 3.8) is 0 Å². The number of sulfone groups is 1. The lowest BCUT2D eigenvalue weighted by molar-refractivity contribution is 0.183. The minimum atomic E-state index is -3.04. The van der Waals surface area contributed by atoms with E-state index in [9.17, 15) is 8.42 Å². The van der Waals surface area contributed by atoms with Gasteiger partial charge in [-0.05, 0) is 32.9 Å². The zero-order valence-corrected chi connectivity index (χ0v) is 15.4. The second-order valence-electron chi connectivity index (χ2n) is 6.88. The smallest absolute Gasteiger partial charge is 0.151 e. The van der Waals surface area contributed by atoms with Gasteiger partial charge in [-0.2, -0.15) is 0 Å². The van der Waals surface area contributed by atoms with Crippen molar-refractivity contribution in [2.24, 2.45) is 0 Å². The quantitative estimate of drug-likeness (QED) is 0.851. The molecule has 0 amide bonds. The topological polar surface area (TPSA) is 63.2 Å². The standard InChI is InChI=1S/C18H25N3O2S/c1-13-14-8-4-5-9-15(14)20-18(19-13)12-21(2)16-10-6-7-11-17(16)24(3,22)23/h4-5,8-9,16-17H,6-7,10-12H2,1-3H3/t16-,17+/m1/s1. The molecular weight excluding hydrogens is 322 g/mol. The minimum Gasteiger partial charge on any atom is -0.295 e. The lowest BCUT2D eigenvalue weighted by Crippen LogP contribution is -2.46. The molecule has 130 valence electrons. The van der Waals surface area contributed by atoms with Crippen molar-refractivity contribution in [3.8, 4) is 0 Å². The van der Waals surface area contributed by atoms with Gasteiger partial charge < -0.3 is 0 Å². The third-order valence-corrected chi connectivity index (χ3v) is 6.66. The molecule has 24 heavy (non-hydrogen) atoms. The van der Waals surface area contributed by atoms with E-state index in [0.29, 0.717) is 6.54 Å². The fourth-order valence-corrected chi connectivity index (χ4v) is 5.30. The highest BCUT2D eigenvalue weighted by Crippen LogP contribution is 2.28. The van der Waals surface area contributed by atoms with Crippen LogP contribution in [0.2, 0.25) is 0 Å². The molecule has 1 heterocycles. The zero-order chi connectivity index (χ0) is 17.3. The predicted molar refractivity (Wildman–Crippen MR) is 96.6 cm³/mol. The summed E-state index contributed by atoms with van der Waals surface area (Å²) in [4.78, 5) is 11.4. The normalized spacial score (nSPS) is 22.2. The molecule has 1 aromatic heterocycles. The summed E-state index contributed by atoms with van der Waals surface area (Å²) in [6.45, 7) is 2.57. The number of nitrogens with zero attached hydrogens (tertiary/aromatic N) is 3. The fraction of sp³-hybridized carbons (Fsp3) is 0.556. The summed E-state index contributed by atoms with van der Waals surface area (Å²) < 4.78 is 24.2. The van der Waals surface area contributed by atoms with Crippen LogP contribution in [0, 0.1) is 6.92 Å². The molecule has 1 saturated carbocycles. The van der Waals surface area contributed by atoms with Crippen LogP contribution in [-0.2, 0) is 16.4 Å². The van der Waals surface area contributed by atoms with Gasteiger partial charge in [0.15, 0.2) is 9.84 Å². The molecule has 5 nitrogen and oxygen atoms in total. The average Bonchev–Trinajstić information content (AvgIpc) is 2.54. The van der Waals surface area contributed by atoms with E-state index >= 15 is 0 Å². The molecule has 1 aliphatic carbocycles. The SMILES string of the molecule is Cc1nc(CN(C)[C@@H]2CCCC[C@@H]2S(C)(=O)=O)nc2ccccc12. The lowest BCUT2D eigenvalue weighted by atomic mass is 9.94. The summed E-state index contributed by atoms with van der Waals surface area (Å²) in [5.41, 5.74) is 1.91. The van der Waals surface area contributed by atoms with Crippen LogP contribution in [0.25, 0.3) is 10.9 Å². The van der Waals surface area contributed by atoms with Crippen LogP contribution in [0.4, 0.5) is 0 Å². The Morgan fingerprint density at radius 2 is 1.88 bits per heavy atom. The van der Waals surface area contributed by atoms with E-state index in [-0.39, 0.29) is 11.3 Å². The highest BCUT2D eigenvalue weighted by Gasteiger charge is 2.35. The summed E-state index contributed by atoms with van der Waals surface area (Å²) in [5.74, 6) is 0.756. The largest absolute Gasteiger partial charge is 0.295 e. The highest BCUT2D eigenvalue weighted by atomic mass is 32.2. The maximum Gasteiger partial charge on any atom is 0.151 e. The maximum atomic E-state index is 12.1. The van der Waals surface area contributed by atoms with E-state index in [4.69, 9.17) is 0 Å². The molecule has 0 saturated heterocycles. The number of para-hydroxylation sites is 1. The Bertz CT molecular complexity index is 835. The molecule has 0 N–H and O–H groups in total. The summed E-state index contributed by atoms with van der Waals surface area (Å²) in [7, 11) is -1.05. The van der Waals surface area contributed by atoms with Gasteiger partial charge in [0, 0.05) is 23.4 Å². The van der Waals surface area contributed by atoms with Crippen LogP contribution in [0.3, 0.4) is 0 Å². The molecule has 1 aliphatic rings. The van der Waals surface area contributed by atoms with Crippen molar-refractivity contribution in [1.29, 1.82) is 0 Å². The van der Waals surface area contributed by atoms with Gasteiger partial charge in [0.2, 0.25) is 0 Å². The van der Waals surface area contributed by atoms with Crippen LogP contribution in [0.15, 0.2) is 24.3 Å². The van der Waals surface area contributed by atoms with Gasteiger partial charge in [0.1, 0.15) is 5.82 Å². The van der Waals surface area contributed by atoms with Crippen LogP contribution in [0.1, 0.15) is 37.2 Å². The van der Waals surface area contributed by atoms with Crippen molar-refractivity contribution >= 4 is 20.7 Å². The van der Waals surface area contributed by atoms with Gasteiger partial charge in [-0.1, -0.05) is 31.0 Å². The summed E-state index contributed by atoms with van der Waals surface area (Å²) >= 11 is 0. The summed E-state index contributed by atoms with van der Waals surface area (Å²) in [6, 6.07) is 8.03. The van der Waals surface area contributed by atoms with Gasteiger partial charge in [0.25, 0.3) is 0 Å². The summed E-state index contributed by atoms with van der Waals surface area (Å²) in [5, 5.41) is 0.786. The van der Waals surface area contributed by atoms with Crippen LogP contribution in [0.5, 0.6) is 0 Å². The Balaban J connectivity index is 1.84. The molecule has 0 aliphatic heterocycles. The number of aryl methyl sites for hydroxylation is 1. The first kappa shape index (κ1) is 17.3. The Morgan fingerprint density at radius 3 is 2.62 bits per heavy atom. The lowest BCUT2D eigenvalue weighted by Gasteiger charge is -2.36. The first-order valence-corrected chi connectivity index (χ1v) is 10.4. The summed E-state index contributed by atoms with van der Waals surface area (Å²) in [6.07, 6.45) is 5.11. The van der Waals surface area contributed by atoms with Crippen molar-refractivity contribution in [1.82, 2.24) is 14.9 Å². The second kappa shape index (κ2) is 6.76. The third-order valence-electron chi connectivity index (χ3n) is 5.01. The van der Waals surface area contributed by atoms with Gasteiger partial charge in [-0.25, -0.2) is 18.4 Å². The molecule has 0 bridgehead atoms. The third kappa shape index (κ3) is 3.59. The van der Waals surface area contributed by atoms with Crippen molar-refractivity contribution in [3.05, 3.63) is 35.8 Å². The molecule has 1 aromatic carbocycles. The van der Waals surface area contributed by atoms with E-state index in [1.165, 1.54) is 6.26 Å². The maximum absolute atomic E-state index is 12.1. The van der Waals surface area contributed by atoms with Gasteiger partial charge in [0.05, 0.1) is 17.3 Å². The Hall–Kier alpha value is -1.53. The van der Waals surface area contributed by atoms with Crippen molar-refractivity contribution in [2.45, 2.75) is 50.4 Å². The molecule has 2 atom stereocenters. The number of hydrogen-bond acceptors (Lipinski definition) is 5. The first-order chi connectivity index (χ1) is 11.4. The van der Waals surface area contributed by atoms with Gasteiger partial charge in [-0.3, -0.25) is 4.90 Å². The second-order valence-corrected chi connectivity index (χ2v) is 9.14. The Morgan fingerprint density at radius 1 is 1.17 bits per heavy atom. The number of fused-ring (bicyclic) bond motifs is 1. The molecule has 0 spiro atoms. The number of hydrogen-bond donors (Lipinski definition) is 0. The van der Waals surface area contributed by atoms with Crippen LogP contribution >= 0.6 is 0 Å². The Labute approximate surface area is 144 Å². The molecular formula is C18H25N3O2S. The predicted octanol–water partition coefficient (Wildman–Crippen LogP) is 2.73. The number of aromatic nitrogens is 2.